The standard InChI is InChI=1S/C19H20F3NO/c1-12(9-14-5-4-6-16(20)10-14)19(24)23(3)13(2)15-7-8-17(21)18(22)11-15/h4-8,10-13H,9H2,1-3H3. The van der Waals surface area contributed by atoms with Crippen molar-refractivity contribution in [2.45, 2.75) is 26.3 Å². The van der Waals surface area contributed by atoms with Gasteiger partial charge in [-0.25, -0.2) is 13.2 Å². The van der Waals surface area contributed by atoms with Crippen molar-refractivity contribution in [2.24, 2.45) is 5.92 Å². The molecule has 2 nitrogen and oxygen atoms in total. The van der Waals surface area contributed by atoms with Crippen LogP contribution in [0.1, 0.15) is 31.0 Å². The molecule has 2 aromatic carbocycles. The van der Waals surface area contributed by atoms with Crippen molar-refractivity contribution in [1.29, 1.82) is 0 Å². The summed E-state index contributed by atoms with van der Waals surface area (Å²) in [6.45, 7) is 3.52. The van der Waals surface area contributed by atoms with Gasteiger partial charge in [0.15, 0.2) is 11.6 Å². The minimum Gasteiger partial charge on any atom is -0.339 e. The van der Waals surface area contributed by atoms with E-state index >= 15 is 0 Å². The third-order valence-electron chi connectivity index (χ3n) is 4.21. The van der Waals surface area contributed by atoms with Crippen LogP contribution in [0, 0.1) is 23.4 Å². The molecule has 2 aromatic rings. The van der Waals surface area contributed by atoms with Crippen molar-refractivity contribution in [2.75, 3.05) is 7.05 Å². The lowest BCUT2D eigenvalue weighted by atomic mass is 9.98. The van der Waals surface area contributed by atoms with Crippen LogP contribution >= 0.6 is 0 Å². The fourth-order valence-corrected chi connectivity index (χ4v) is 2.64. The van der Waals surface area contributed by atoms with Gasteiger partial charge in [0.1, 0.15) is 5.82 Å². The van der Waals surface area contributed by atoms with Gasteiger partial charge in [0.2, 0.25) is 5.91 Å². The van der Waals surface area contributed by atoms with E-state index in [2.05, 4.69) is 0 Å². The molecule has 0 bridgehead atoms. The largest absolute Gasteiger partial charge is 0.339 e. The topological polar surface area (TPSA) is 20.3 Å². The van der Waals surface area contributed by atoms with Crippen LogP contribution in [-0.2, 0) is 11.2 Å². The highest BCUT2D eigenvalue weighted by atomic mass is 19.2. The lowest BCUT2D eigenvalue weighted by molar-refractivity contribution is -0.135. The Labute approximate surface area is 139 Å². The smallest absolute Gasteiger partial charge is 0.225 e. The Hall–Kier alpha value is -2.30. The molecule has 0 aliphatic heterocycles. The van der Waals surface area contributed by atoms with Crippen LogP contribution in [0.25, 0.3) is 0 Å². The predicted molar refractivity (Wildman–Crippen MR) is 86.8 cm³/mol. The van der Waals surface area contributed by atoms with E-state index in [9.17, 15) is 18.0 Å². The van der Waals surface area contributed by atoms with Crippen molar-refractivity contribution >= 4 is 5.91 Å². The van der Waals surface area contributed by atoms with Gasteiger partial charge in [0.05, 0.1) is 6.04 Å². The van der Waals surface area contributed by atoms with Gasteiger partial charge in [-0.3, -0.25) is 4.79 Å². The fourth-order valence-electron chi connectivity index (χ4n) is 2.64. The molecule has 2 atom stereocenters. The van der Waals surface area contributed by atoms with Crippen molar-refractivity contribution < 1.29 is 18.0 Å². The second-order valence-corrected chi connectivity index (χ2v) is 6.03. The van der Waals surface area contributed by atoms with Crippen LogP contribution in [0.5, 0.6) is 0 Å². The first-order valence-electron chi connectivity index (χ1n) is 7.75. The molecule has 0 N–H and O–H groups in total. The van der Waals surface area contributed by atoms with Crippen molar-refractivity contribution in [1.82, 2.24) is 4.90 Å². The normalized spacial score (nSPS) is 13.4. The molecule has 128 valence electrons. The van der Waals surface area contributed by atoms with Crippen LogP contribution in [0.2, 0.25) is 0 Å². The highest BCUT2D eigenvalue weighted by Gasteiger charge is 2.23. The van der Waals surface area contributed by atoms with Crippen LogP contribution in [-0.4, -0.2) is 17.9 Å². The first-order valence-corrected chi connectivity index (χ1v) is 7.75. The van der Waals surface area contributed by atoms with E-state index in [0.29, 0.717) is 12.0 Å². The van der Waals surface area contributed by atoms with E-state index < -0.39 is 17.7 Å². The number of hydrogen-bond acceptors (Lipinski definition) is 1. The third kappa shape index (κ3) is 4.16. The quantitative estimate of drug-likeness (QED) is 0.788. The van der Waals surface area contributed by atoms with Gasteiger partial charge in [-0.15, -0.1) is 0 Å². The van der Waals surface area contributed by atoms with Gasteiger partial charge in [0.25, 0.3) is 0 Å². The molecule has 0 aliphatic carbocycles. The van der Waals surface area contributed by atoms with Crippen LogP contribution < -0.4 is 0 Å². The van der Waals surface area contributed by atoms with Gasteiger partial charge in [-0.1, -0.05) is 25.1 Å². The maximum Gasteiger partial charge on any atom is 0.225 e. The van der Waals surface area contributed by atoms with Crippen LogP contribution in [0.3, 0.4) is 0 Å². The molecule has 0 aromatic heterocycles. The minimum atomic E-state index is -0.937. The zero-order chi connectivity index (χ0) is 17.9. The Morgan fingerprint density at radius 1 is 1.04 bits per heavy atom. The molecule has 0 aliphatic rings. The van der Waals surface area contributed by atoms with Gasteiger partial charge in [0, 0.05) is 13.0 Å². The van der Waals surface area contributed by atoms with Gasteiger partial charge >= 0.3 is 0 Å². The summed E-state index contributed by atoms with van der Waals surface area (Å²) in [5.74, 6) is -2.69. The molecule has 0 radical (unpaired) electrons. The number of rotatable bonds is 5. The molecule has 0 spiro atoms. The first-order chi connectivity index (χ1) is 11.3. The van der Waals surface area contributed by atoms with Crippen LogP contribution in [0.4, 0.5) is 13.2 Å². The first kappa shape index (κ1) is 18.0. The van der Waals surface area contributed by atoms with E-state index in [4.69, 9.17) is 0 Å². The van der Waals surface area contributed by atoms with E-state index in [1.54, 1.807) is 33.0 Å². The van der Waals surface area contributed by atoms with Gasteiger partial charge in [-0.05, 0) is 48.7 Å². The Balaban J connectivity index is 2.08. The second-order valence-electron chi connectivity index (χ2n) is 6.03. The number of nitrogens with zero attached hydrogens (tertiary/aromatic N) is 1. The number of benzene rings is 2. The summed E-state index contributed by atoms with van der Waals surface area (Å²) in [5.41, 5.74) is 1.26. The lowest BCUT2D eigenvalue weighted by Crippen LogP contribution is -2.34. The lowest BCUT2D eigenvalue weighted by Gasteiger charge is -2.28. The summed E-state index contributed by atoms with van der Waals surface area (Å²) in [6.07, 6.45) is 0.408. The molecule has 1 amide bonds. The number of carbonyl (C=O) groups excluding carboxylic acids is 1. The van der Waals surface area contributed by atoms with E-state index in [-0.39, 0.29) is 17.6 Å². The number of amides is 1. The Morgan fingerprint density at radius 3 is 2.38 bits per heavy atom. The van der Waals surface area contributed by atoms with Crippen molar-refractivity contribution in [3.63, 3.8) is 0 Å². The summed E-state index contributed by atoms with van der Waals surface area (Å²) >= 11 is 0. The zero-order valence-electron chi connectivity index (χ0n) is 13.9. The summed E-state index contributed by atoms with van der Waals surface area (Å²) < 4.78 is 39.6. The summed E-state index contributed by atoms with van der Waals surface area (Å²) in [6, 6.07) is 9.35. The van der Waals surface area contributed by atoms with Crippen molar-refractivity contribution in [3.05, 3.63) is 71.0 Å². The molecule has 0 saturated heterocycles. The third-order valence-corrected chi connectivity index (χ3v) is 4.21. The molecule has 0 saturated carbocycles. The van der Waals surface area contributed by atoms with Gasteiger partial charge < -0.3 is 4.90 Å². The predicted octanol–water partition coefficient (Wildman–Crippen LogP) is 4.50. The summed E-state index contributed by atoms with van der Waals surface area (Å²) in [5, 5.41) is 0. The molecule has 5 heteroatoms. The van der Waals surface area contributed by atoms with E-state index in [1.165, 1.54) is 23.1 Å². The number of carbonyl (C=O) groups is 1. The molecule has 0 heterocycles. The average molecular weight is 335 g/mol. The summed E-state index contributed by atoms with van der Waals surface area (Å²) in [4.78, 5) is 14.1. The maximum atomic E-state index is 13.4. The summed E-state index contributed by atoms with van der Waals surface area (Å²) in [7, 11) is 1.62. The fraction of sp³-hybridized carbons (Fsp3) is 0.316. The average Bonchev–Trinajstić information content (AvgIpc) is 2.55. The SMILES string of the molecule is CC(Cc1cccc(F)c1)C(=O)N(C)C(C)c1ccc(F)c(F)c1. The number of halogens is 3. The molecule has 0 fully saturated rings. The Morgan fingerprint density at radius 2 is 1.75 bits per heavy atom. The molecule has 2 rings (SSSR count). The molecule has 2 unspecified atom stereocenters. The monoisotopic (exact) mass is 335 g/mol. The second kappa shape index (κ2) is 7.51. The molecular formula is C19H20F3NO. The Bertz CT molecular complexity index is 732. The number of hydrogen-bond donors (Lipinski definition) is 0. The van der Waals surface area contributed by atoms with E-state index in [1.807, 2.05) is 0 Å². The van der Waals surface area contributed by atoms with E-state index in [0.717, 1.165) is 17.7 Å². The molecule has 24 heavy (non-hydrogen) atoms. The highest BCUT2D eigenvalue weighted by Crippen LogP contribution is 2.23. The highest BCUT2D eigenvalue weighted by molar-refractivity contribution is 5.79. The minimum absolute atomic E-state index is 0.142. The zero-order valence-corrected chi connectivity index (χ0v) is 13.9. The maximum absolute atomic E-state index is 13.4. The van der Waals surface area contributed by atoms with Crippen molar-refractivity contribution in [3.8, 4) is 0 Å². The van der Waals surface area contributed by atoms with Crippen LogP contribution in [0.15, 0.2) is 42.5 Å². The van der Waals surface area contributed by atoms with Gasteiger partial charge in [-0.2, -0.15) is 0 Å². The molecular weight excluding hydrogens is 315 g/mol. The Kier molecular flexibility index (Phi) is 5.65.